The van der Waals surface area contributed by atoms with Gasteiger partial charge in [-0.1, -0.05) is 59.4 Å². The molecule has 0 saturated carbocycles. The first-order chi connectivity index (χ1) is 12.2. The molecule has 1 aromatic heterocycles. The molecule has 126 valence electrons. The molecular weight excluding hydrogens is 332 g/mol. The second-order valence-electron chi connectivity index (χ2n) is 6.04. The zero-order valence-electron chi connectivity index (χ0n) is 13.9. The number of benzene rings is 2. The van der Waals surface area contributed by atoms with Crippen LogP contribution in [0.2, 0.25) is 0 Å². The molecule has 0 unspecified atom stereocenters. The first-order valence-corrected chi connectivity index (χ1v) is 9.05. The quantitative estimate of drug-likeness (QED) is 0.724. The van der Waals surface area contributed by atoms with E-state index < -0.39 is 0 Å². The Bertz CT molecular complexity index is 1080. The van der Waals surface area contributed by atoms with E-state index >= 15 is 0 Å². The fourth-order valence-corrected chi connectivity index (χ4v) is 3.81. The number of hydrogen-bond donors (Lipinski definition) is 0. The lowest BCUT2D eigenvalue weighted by Gasteiger charge is -2.09. The molecule has 2 heterocycles. The van der Waals surface area contributed by atoms with Crippen molar-refractivity contribution in [1.82, 2.24) is 4.57 Å². The van der Waals surface area contributed by atoms with Gasteiger partial charge in [-0.05, 0) is 24.6 Å². The Kier molecular flexibility index (Phi) is 4.24. The molecule has 25 heavy (non-hydrogen) atoms. The molecule has 0 bridgehead atoms. The van der Waals surface area contributed by atoms with Gasteiger partial charge in [-0.25, -0.2) is 0 Å². The summed E-state index contributed by atoms with van der Waals surface area (Å²) in [5.41, 5.74) is 3.30. The first kappa shape index (κ1) is 15.8. The molecule has 0 N–H and O–H groups in total. The molecule has 1 aliphatic heterocycles. The van der Waals surface area contributed by atoms with Crippen LogP contribution in [0.25, 0.3) is 6.08 Å². The van der Waals surface area contributed by atoms with Crippen molar-refractivity contribution in [2.45, 2.75) is 20.1 Å². The molecule has 0 saturated heterocycles. The lowest BCUT2D eigenvalue weighted by atomic mass is 10.1. The number of nitrogens with zero attached hydrogens (tertiary/aromatic N) is 2. The van der Waals surface area contributed by atoms with Crippen molar-refractivity contribution in [2.75, 3.05) is 6.54 Å². The highest BCUT2D eigenvalue weighted by molar-refractivity contribution is 7.07. The number of para-hydroxylation sites is 1. The van der Waals surface area contributed by atoms with Crippen LogP contribution >= 0.6 is 11.3 Å². The fraction of sp³-hybridized carbons (Fsp3) is 0.200. The first-order valence-electron chi connectivity index (χ1n) is 8.24. The van der Waals surface area contributed by atoms with E-state index in [1.54, 1.807) is 4.57 Å². The maximum atomic E-state index is 12.4. The van der Waals surface area contributed by atoms with E-state index in [0.29, 0.717) is 24.2 Å². The summed E-state index contributed by atoms with van der Waals surface area (Å²) in [5.74, 6) is 0.776. The van der Waals surface area contributed by atoms with E-state index in [1.807, 2.05) is 30.3 Å². The molecule has 0 spiro atoms. The van der Waals surface area contributed by atoms with Crippen molar-refractivity contribution in [1.29, 1.82) is 0 Å². The maximum absolute atomic E-state index is 12.4. The minimum Gasteiger partial charge on any atom is -0.488 e. The Morgan fingerprint density at radius 3 is 2.80 bits per heavy atom. The Morgan fingerprint density at radius 2 is 2.00 bits per heavy atom. The number of thiazole rings is 1. The van der Waals surface area contributed by atoms with Gasteiger partial charge in [0.1, 0.15) is 12.4 Å². The summed E-state index contributed by atoms with van der Waals surface area (Å²) in [5, 5.41) is 0. The van der Waals surface area contributed by atoms with Gasteiger partial charge in [0.15, 0.2) is 4.80 Å². The van der Waals surface area contributed by atoms with Crippen molar-refractivity contribution in [2.24, 2.45) is 4.99 Å². The van der Waals surface area contributed by atoms with E-state index in [1.165, 1.54) is 16.9 Å². The highest BCUT2D eigenvalue weighted by Crippen LogP contribution is 2.20. The Hall–Kier alpha value is -2.66. The van der Waals surface area contributed by atoms with Gasteiger partial charge in [-0.3, -0.25) is 14.4 Å². The van der Waals surface area contributed by atoms with Gasteiger partial charge in [-0.2, -0.15) is 0 Å². The second-order valence-corrected chi connectivity index (χ2v) is 7.05. The summed E-state index contributed by atoms with van der Waals surface area (Å²) in [7, 11) is 0. The number of aryl methyl sites for hydroxylation is 1. The summed E-state index contributed by atoms with van der Waals surface area (Å²) in [4.78, 5) is 17.6. The molecule has 0 aliphatic carbocycles. The summed E-state index contributed by atoms with van der Waals surface area (Å²) in [6.45, 7) is 3.96. The molecule has 3 aromatic rings. The van der Waals surface area contributed by atoms with Gasteiger partial charge < -0.3 is 4.74 Å². The van der Waals surface area contributed by atoms with Crippen LogP contribution in [-0.4, -0.2) is 11.1 Å². The maximum Gasteiger partial charge on any atom is 0.270 e. The number of fused-ring (bicyclic) bond motifs is 1. The lowest BCUT2D eigenvalue weighted by Crippen LogP contribution is -2.29. The zero-order valence-corrected chi connectivity index (χ0v) is 14.8. The average Bonchev–Trinajstić information content (AvgIpc) is 3.19. The van der Waals surface area contributed by atoms with Crippen molar-refractivity contribution < 1.29 is 4.74 Å². The van der Waals surface area contributed by atoms with Crippen molar-refractivity contribution in [3.8, 4) is 5.75 Å². The van der Waals surface area contributed by atoms with Crippen LogP contribution in [0.4, 0.5) is 0 Å². The van der Waals surface area contributed by atoms with Crippen LogP contribution in [-0.2, 0) is 13.2 Å². The van der Waals surface area contributed by atoms with E-state index in [-0.39, 0.29) is 5.56 Å². The van der Waals surface area contributed by atoms with Crippen LogP contribution in [0.1, 0.15) is 16.7 Å². The summed E-state index contributed by atoms with van der Waals surface area (Å²) in [6, 6.07) is 16.1. The largest absolute Gasteiger partial charge is 0.488 e. The van der Waals surface area contributed by atoms with Crippen LogP contribution < -0.4 is 19.6 Å². The van der Waals surface area contributed by atoms with Crippen LogP contribution in [0.15, 0.2) is 58.3 Å². The minimum atomic E-state index is 0.0367. The normalized spacial score (nSPS) is 13.6. The monoisotopic (exact) mass is 350 g/mol. The van der Waals surface area contributed by atoms with Crippen molar-refractivity contribution in [3.63, 3.8) is 0 Å². The lowest BCUT2D eigenvalue weighted by molar-refractivity contribution is 0.305. The zero-order chi connectivity index (χ0) is 17.2. The Labute approximate surface area is 149 Å². The van der Waals surface area contributed by atoms with Gasteiger partial charge in [-0.15, -0.1) is 0 Å². The molecule has 0 amide bonds. The fourth-order valence-electron chi connectivity index (χ4n) is 2.79. The van der Waals surface area contributed by atoms with Gasteiger partial charge in [0.25, 0.3) is 5.56 Å². The van der Waals surface area contributed by atoms with E-state index in [9.17, 15) is 4.79 Å². The van der Waals surface area contributed by atoms with Crippen molar-refractivity contribution in [3.05, 3.63) is 84.9 Å². The smallest absolute Gasteiger partial charge is 0.270 e. The Morgan fingerprint density at radius 1 is 1.20 bits per heavy atom. The molecule has 0 radical (unpaired) electrons. The number of aromatic nitrogens is 1. The standard InChI is InChI=1S/C20H18N2O2S/c1-14-6-8-15(9-7-14)13-24-17-5-3-2-4-16(17)12-18-19(23)22-11-10-21-20(22)25-18/h2-9,12H,10-11,13H2,1H3. The topological polar surface area (TPSA) is 43.6 Å². The molecule has 5 heteroatoms. The summed E-state index contributed by atoms with van der Waals surface area (Å²) < 4.78 is 8.43. The molecule has 0 fully saturated rings. The third kappa shape index (κ3) is 3.28. The van der Waals surface area contributed by atoms with E-state index in [4.69, 9.17) is 4.74 Å². The van der Waals surface area contributed by atoms with Crippen LogP contribution in [0.5, 0.6) is 5.75 Å². The molecular formula is C20H18N2O2S. The molecule has 4 nitrogen and oxygen atoms in total. The van der Waals surface area contributed by atoms with Gasteiger partial charge >= 0.3 is 0 Å². The van der Waals surface area contributed by atoms with Gasteiger partial charge in [0.2, 0.25) is 0 Å². The third-order valence-corrected chi connectivity index (χ3v) is 5.22. The number of ether oxygens (including phenoxy) is 1. The highest BCUT2D eigenvalue weighted by atomic mass is 32.1. The average molecular weight is 350 g/mol. The molecule has 2 aromatic carbocycles. The van der Waals surface area contributed by atoms with Gasteiger partial charge in [0.05, 0.1) is 11.1 Å². The molecule has 1 aliphatic rings. The third-order valence-electron chi connectivity index (χ3n) is 4.18. The number of hydrogen-bond acceptors (Lipinski definition) is 4. The van der Waals surface area contributed by atoms with E-state index in [0.717, 1.165) is 21.7 Å². The highest BCUT2D eigenvalue weighted by Gasteiger charge is 2.10. The van der Waals surface area contributed by atoms with Crippen LogP contribution in [0.3, 0.4) is 0 Å². The summed E-state index contributed by atoms with van der Waals surface area (Å²) in [6.07, 6.45) is 1.90. The molecule has 4 rings (SSSR count). The minimum absolute atomic E-state index is 0.0367. The Balaban J connectivity index is 1.64. The van der Waals surface area contributed by atoms with E-state index in [2.05, 4.69) is 36.2 Å². The second kappa shape index (κ2) is 6.69. The summed E-state index contributed by atoms with van der Waals surface area (Å²) >= 11 is 1.44. The van der Waals surface area contributed by atoms with Gasteiger partial charge in [0, 0.05) is 12.1 Å². The predicted octanol–water partition coefficient (Wildman–Crippen LogP) is 2.26. The number of rotatable bonds is 4. The SMILES string of the molecule is Cc1ccc(COc2ccccc2C=c2sc3n(c2=O)CCN=3)cc1. The van der Waals surface area contributed by atoms with Crippen molar-refractivity contribution >= 4 is 17.4 Å². The molecule has 0 atom stereocenters. The van der Waals surface area contributed by atoms with Crippen LogP contribution in [0, 0.1) is 6.92 Å². The predicted molar refractivity (Wildman–Crippen MR) is 99.7 cm³/mol.